The number of carbonyl (C=O) groups excluding carboxylic acids is 1. The summed E-state index contributed by atoms with van der Waals surface area (Å²) in [5, 5.41) is 9.90. The predicted molar refractivity (Wildman–Crippen MR) is 126 cm³/mol. The molecule has 0 saturated heterocycles. The third-order valence-electron chi connectivity index (χ3n) is 6.71. The second-order valence-corrected chi connectivity index (χ2v) is 8.20. The minimum Gasteiger partial charge on any atom is -0.311 e. The standard InChI is InChI=1S/C28H17NO/c1-29-24-14-13-19(20-9-4-10-22(27(20)24)28(29)30)23-15-18-7-2-5-16-11-12-17-6-3-8-21(23)26(17)25(16)18/h2-15H,1H3. The van der Waals surface area contributed by atoms with E-state index in [2.05, 4.69) is 72.8 Å². The van der Waals surface area contributed by atoms with Crippen molar-refractivity contribution >= 4 is 54.7 Å². The highest BCUT2D eigenvalue weighted by molar-refractivity contribution is 6.30. The van der Waals surface area contributed by atoms with E-state index in [1.807, 2.05) is 19.2 Å². The van der Waals surface area contributed by atoms with Crippen molar-refractivity contribution in [3.8, 4) is 11.1 Å². The van der Waals surface area contributed by atoms with E-state index < -0.39 is 0 Å². The molecular formula is C28H17NO. The fourth-order valence-corrected chi connectivity index (χ4v) is 5.36. The number of rotatable bonds is 1. The van der Waals surface area contributed by atoms with Crippen molar-refractivity contribution in [2.75, 3.05) is 11.9 Å². The van der Waals surface area contributed by atoms with Gasteiger partial charge in [-0.3, -0.25) is 4.79 Å². The lowest BCUT2D eigenvalue weighted by atomic mass is 9.87. The van der Waals surface area contributed by atoms with Crippen LogP contribution in [0.25, 0.3) is 54.2 Å². The molecule has 0 bridgehead atoms. The van der Waals surface area contributed by atoms with Crippen molar-refractivity contribution in [2.24, 2.45) is 0 Å². The molecular weight excluding hydrogens is 366 g/mol. The fourth-order valence-electron chi connectivity index (χ4n) is 5.36. The minimum atomic E-state index is 0.0718. The van der Waals surface area contributed by atoms with E-state index >= 15 is 0 Å². The molecule has 7 rings (SSSR count). The molecule has 0 spiro atoms. The van der Waals surface area contributed by atoms with Crippen LogP contribution in [0.15, 0.2) is 84.9 Å². The van der Waals surface area contributed by atoms with E-state index in [9.17, 15) is 4.79 Å². The van der Waals surface area contributed by atoms with Gasteiger partial charge in [-0.15, -0.1) is 0 Å². The number of carbonyl (C=O) groups is 1. The Balaban J connectivity index is 1.69. The fraction of sp³-hybridized carbons (Fsp3) is 0.0357. The van der Waals surface area contributed by atoms with Gasteiger partial charge in [0.1, 0.15) is 0 Å². The van der Waals surface area contributed by atoms with E-state index in [1.54, 1.807) is 4.90 Å². The highest BCUT2D eigenvalue weighted by Gasteiger charge is 2.28. The summed E-state index contributed by atoms with van der Waals surface area (Å²) >= 11 is 0. The molecule has 0 unspecified atom stereocenters. The first-order chi connectivity index (χ1) is 14.7. The summed E-state index contributed by atoms with van der Waals surface area (Å²) in [6.07, 6.45) is 0. The first-order valence-electron chi connectivity index (χ1n) is 10.2. The molecule has 6 aromatic rings. The van der Waals surface area contributed by atoms with Crippen LogP contribution in [-0.2, 0) is 0 Å². The summed E-state index contributed by atoms with van der Waals surface area (Å²) in [5.41, 5.74) is 4.19. The SMILES string of the molecule is CN1C(=O)c2cccc3c(-c4cc5cccc6ccc7cccc4c7c65)ccc1c23. The van der Waals surface area contributed by atoms with Crippen molar-refractivity contribution in [1.29, 1.82) is 0 Å². The zero-order valence-corrected chi connectivity index (χ0v) is 16.4. The van der Waals surface area contributed by atoms with E-state index in [0.29, 0.717) is 0 Å². The maximum Gasteiger partial charge on any atom is 0.258 e. The Bertz CT molecular complexity index is 1680. The first-order valence-corrected chi connectivity index (χ1v) is 10.2. The molecule has 6 aromatic carbocycles. The molecule has 0 aromatic heterocycles. The summed E-state index contributed by atoms with van der Waals surface area (Å²) in [5.74, 6) is 0.0718. The monoisotopic (exact) mass is 383 g/mol. The lowest BCUT2D eigenvalue weighted by Crippen LogP contribution is -2.20. The van der Waals surface area contributed by atoms with Crippen LogP contribution in [0.2, 0.25) is 0 Å². The van der Waals surface area contributed by atoms with Crippen LogP contribution in [0, 0.1) is 0 Å². The molecule has 1 aliphatic rings. The Hall–Kier alpha value is -3.91. The highest BCUT2D eigenvalue weighted by atomic mass is 16.2. The maximum atomic E-state index is 12.7. The normalized spacial score (nSPS) is 13.5. The number of nitrogens with zero attached hydrogens (tertiary/aromatic N) is 1. The average Bonchev–Trinajstić information content (AvgIpc) is 3.04. The molecule has 0 aliphatic carbocycles. The van der Waals surface area contributed by atoms with E-state index in [4.69, 9.17) is 0 Å². The molecule has 2 nitrogen and oxygen atoms in total. The van der Waals surface area contributed by atoms with Crippen LogP contribution >= 0.6 is 0 Å². The predicted octanol–water partition coefficient (Wildman–Crippen LogP) is 6.99. The second kappa shape index (κ2) is 5.37. The van der Waals surface area contributed by atoms with Gasteiger partial charge in [0.15, 0.2) is 0 Å². The summed E-state index contributed by atoms with van der Waals surface area (Å²) < 4.78 is 0. The number of hydrogen-bond acceptors (Lipinski definition) is 1. The molecule has 140 valence electrons. The molecule has 1 heterocycles. The maximum absolute atomic E-state index is 12.7. The van der Waals surface area contributed by atoms with E-state index in [1.165, 1.54) is 43.4 Å². The molecule has 0 N–H and O–H groups in total. The van der Waals surface area contributed by atoms with E-state index in [0.717, 1.165) is 22.0 Å². The van der Waals surface area contributed by atoms with Gasteiger partial charge in [0.2, 0.25) is 0 Å². The molecule has 2 heteroatoms. The minimum absolute atomic E-state index is 0.0718. The summed E-state index contributed by atoms with van der Waals surface area (Å²) in [6.45, 7) is 0. The molecule has 0 fully saturated rings. The van der Waals surface area contributed by atoms with Crippen molar-refractivity contribution in [2.45, 2.75) is 0 Å². The smallest absolute Gasteiger partial charge is 0.258 e. The van der Waals surface area contributed by atoms with Crippen LogP contribution in [-0.4, -0.2) is 13.0 Å². The Kier molecular flexibility index (Phi) is 2.85. The third kappa shape index (κ3) is 1.82. The molecule has 30 heavy (non-hydrogen) atoms. The van der Waals surface area contributed by atoms with Gasteiger partial charge in [0, 0.05) is 18.0 Å². The van der Waals surface area contributed by atoms with Crippen LogP contribution < -0.4 is 4.90 Å². The van der Waals surface area contributed by atoms with Crippen molar-refractivity contribution < 1.29 is 4.79 Å². The zero-order chi connectivity index (χ0) is 20.0. The molecule has 0 atom stereocenters. The summed E-state index contributed by atoms with van der Waals surface area (Å²) in [6, 6.07) is 30.2. The van der Waals surface area contributed by atoms with Crippen LogP contribution in [0.1, 0.15) is 10.4 Å². The largest absolute Gasteiger partial charge is 0.311 e. The van der Waals surface area contributed by atoms with Crippen LogP contribution in [0.4, 0.5) is 5.69 Å². The first kappa shape index (κ1) is 15.9. The van der Waals surface area contributed by atoms with Gasteiger partial charge in [-0.25, -0.2) is 0 Å². The van der Waals surface area contributed by atoms with Crippen molar-refractivity contribution in [3.63, 3.8) is 0 Å². The molecule has 0 saturated carbocycles. The van der Waals surface area contributed by atoms with Crippen molar-refractivity contribution in [3.05, 3.63) is 90.5 Å². The van der Waals surface area contributed by atoms with Gasteiger partial charge >= 0.3 is 0 Å². The molecule has 1 amide bonds. The van der Waals surface area contributed by atoms with Gasteiger partial charge in [0.05, 0.1) is 5.69 Å². The Morgan fingerprint density at radius 2 is 1.23 bits per heavy atom. The lowest BCUT2D eigenvalue weighted by molar-refractivity contribution is 0.0999. The number of anilines is 1. The van der Waals surface area contributed by atoms with Gasteiger partial charge in [-0.2, -0.15) is 0 Å². The molecule has 1 aliphatic heterocycles. The Morgan fingerprint density at radius 1 is 0.567 bits per heavy atom. The second-order valence-electron chi connectivity index (χ2n) is 8.20. The Labute approximate surface area is 173 Å². The van der Waals surface area contributed by atoms with Gasteiger partial charge in [-0.05, 0) is 67.0 Å². The quantitative estimate of drug-likeness (QED) is 0.280. The topological polar surface area (TPSA) is 20.3 Å². The summed E-state index contributed by atoms with van der Waals surface area (Å²) in [4.78, 5) is 14.5. The number of benzene rings is 6. The van der Waals surface area contributed by atoms with Crippen molar-refractivity contribution in [1.82, 2.24) is 0 Å². The molecule has 0 radical (unpaired) electrons. The Morgan fingerprint density at radius 3 is 2.07 bits per heavy atom. The summed E-state index contributed by atoms with van der Waals surface area (Å²) in [7, 11) is 1.86. The number of hydrogen-bond donors (Lipinski definition) is 0. The zero-order valence-electron chi connectivity index (χ0n) is 16.4. The van der Waals surface area contributed by atoms with Crippen LogP contribution in [0.5, 0.6) is 0 Å². The van der Waals surface area contributed by atoms with Gasteiger partial charge < -0.3 is 4.90 Å². The van der Waals surface area contributed by atoms with Gasteiger partial charge in [0.25, 0.3) is 5.91 Å². The van der Waals surface area contributed by atoms with Crippen LogP contribution in [0.3, 0.4) is 0 Å². The highest BCUT2D eigenvalue weighted by Crippen LogP contribution is 2.45. The average molecular weight is 383 g/mol. The van der Waals surface area contributed by atoms with Gasteiger partial charge in [-0.1, -0.05) is 66.7 Å². The number of amides is 1. The van der Waals surface area contributed by atoms with E-state index in [-0.39, 0.29) is 5.91 Å². The third-order valence-corrected chi connectivity index (χ3v) is 6.71. The lowest BCUT2D eigenvalue weighted by Gasteiger charge is -2.17.